The molecule has 7 nitrogen and oxygen atoms in total. The third-order valence-electron chi connectivity index (χ3n) is 6.26. The molecule has 2 unspecified atom stereocenters. The van der Waals surface area contributed by atoms with Gasteiger partial charge < -0.3 is 15.0 Å². The molecular formula is C22H37N3O4. The van der Waals surface area contributed by atoms with Crippen LogP contribution in [-0.2, 0) is 14.3 Å². The van der Waals surface area contributed by atoms with Gasteiger partial charge in [0.15, 0.2) is 0 Å². The minimum absolute atomic E-state index is 0.0227. The van der Waals surface area contributed by atoms with Gasteiger partial charge in [0.2, 0.25) is 11.8 Å². The lowest BCUT2D eigenvalue weighted by Crippen LogP contribution is -2.48. The zero-order valence-corrected chi connectivity index (χ0v) is 18.2. The number of rotatable bonds is 4. The summed E-state index contributed by atoms with van der Waals surface area (Å²) in [6.07, 6.45) is 7.60. The van der Waals surface area contributed by atoms with Crippen LogP contribution in [0, 0.1) is 11.8 Å². The number of nitrogens with one attached hydrogen (secondary N) is 1. The standard InChI is InChI=1S/C22H37N3O4/c1-22(2,3)29-21(28)25-15-16(13-18(25)20(27)24-11-7-8-12-24)14-23-19(26)17-9-5-4-6-10-17/h16-18H,4-15H2,1-3H3,(H,23,26). The molecule has 0 bridgehead atoms. The molecule has 2 saturated heterocycles. The predicted molar refractivity (Wildman–Crippen MR) is 110 cm³/mol. The van der Waals surface area contributed by atoms with Gasteiger partial charge >= 0.3 is 6.09 Å². The summed E-state index contributed by atoms with van der Waals surface area (Å²) in [6.45, 7) is 7.99. The Bertz CT molecular complexity index is 604. The minimum Gasteiger partial charge on any atom is -0.444 e. The maximum Gasteiger partial charge on any atom is 0.410 e. The number of likely N-dealkylation sites (tertiary alicyclic amines) is 2. The van der Waals surface area contributed by atoms with Crippen LogP contribution in [0.15, 0.2) is 0 Å². The lowest BCUT2D eigenvalue weighted by Gasteiger charge is -2.30. The van der Waals surface area contributed by atoms with E-state index in [0.717, 1.165) is 51.6 Å². The molecule has 2 heterocycles. The van der Waals surface area contributed by atoms with Crippen LogP contribution in [0.2, 0.25) is 0 Å². The molecule has 0 aromatic rings. The fourth-order valence-corrected chi connectivity index (χ4v) is 4.73. The molecule has 3 fully saturated rings. The first-order valence-electron chi connectivity index (χ1n) is 11.3. The molecule has 7 heteroatoms. The Morgan fingerprint density at radius 3 is 2.28 bits per heavy atom. The zero-order valence-electron chi connectivity index (χ0n) is 18.2. The van der Waals surface area contributed by atoms with Crippen molar-refractivity contribution in [1.82, 2.24) is 15.1 Å². The number of nitrogens with zero attached hydrogens (tertiary/aromatic N) is 2. The minimum atomic E-state index is -0.606. The van der Waals surface area contributed by atoms with Crippen molar-refractivity contribution in [3.05, 3.63) is 0 Å². The average molecular weight is 408 g/mol. The van der Waals surface area contributed by atoms with E-state index < -0.39 is 17.7 Å². The maximum atomic E-state index is 13.0. The number of amides is 3. The van der Waals surface area contributed by atoms with Gasteiger partial charge in [-0.15, -0.1) is 0 Å². The molecule has 164 valence electrons. The molecule has 0 spiro atoms. The fraction of sp³-hybridized carbons (Fsp3) is 0.864. The number of hydrogen-bond donors (Lipinski definition) is 1. The average Bonchev–Trinajstić information content (AvgIpc) is 3.35. The Morgan fingerprint density at radius 2 is 1.66 bits per heavy atom. The second-order valence-electron chi connectivity index (χ2n) is 9.86. The van der Waals surface area contributed by atoms with Crippen LogP contribution in [-0.4, -0.2) is 65.5 Å². The van der Waals surface area contributed by atoms with E-state index in [1.807, 2.05) is 25.7 Å². The van der Waals surface area contributed by atoms with E-state index in [0.29, 0.717) is 19.5 Å². The van der Waals surface area contributed by atoms with Gasteiger partial charge in [-0.1, -0.05) is 19.3 Å². The summed E-state index contributed by atoms with van der Waals surface area (Å²) in [5, 5.41) is 3.09. The Kier molecular flexibility index (Phi) is 7.06. The van der Waals surface area contributed by atoms with Crippen molar-refractivity contribution in [2.75, 3.05) is 26.2 Å². The number of carbonyl (C=O) groups excluding carboxylic acids is 3. The SMILES string of the molecule is CC(C)(C)OC(=O)N1CC(CNC(=O)C2CCCCC2)CC1C(=O)N1CCCC1. The highest BCUT2D eigenvalue weighted by Crippen LogP contribution is 2.28. The van der Waals surface area contributed by atoms with Crippen molar-refractivity contribution in [1.29, 1.82) is 0 Å². The lowest BCUT2D eigenvalue weighted by molar-refractivity contribution is -0.134. The van der Waals surface area contributed by atoms with Crippen molar-refractivity contribution >= 4 is 17.9 Å². The summed E-state index contributed by atoms with van der Waals surface area (Å²) in [5.41, 5.74) is -0.606. The van der Waals surface area contributed by atoms with Crippen LogP contribution in [0.3, 0.4) is 0 Å². The van der Waals surface area contributed by atoms with Crippen LogP contribution in [0.1, 0.15) is 72.1 Å². The molecule has 3 aliphatic rings. The molecule has 1 aliphatic carbocycles. The lowest BCUT2D eigenvalue weighted by atomic mass is 9.88. The van der Waals surface area contributed by atoms with Crippen molar-refractivity contribution in [3.63, 3.8) is 0 Å². The molecule has 3 amide bonds. The van der Waals surface area contributed by atoms with Gasteiger partial charge in [0.25, 0.3) is 0 Å². The molecule has 0 radical (unpaired) electrons. The molecule has 1 N–H and O–H groups in total. The summed E-state index contributed by atoms with van der Waals surface area (Å²) in [4.78, 5) is 41.8. The molecule has 1 saturated carbocycles. The quantitative estimate of drug-likeness (QED) is 0.777. The van der Waals surface area contributed by atoms with E-state index >= 15 is 0 Å². The first kappa shape index (κ1) is 21.9. The first-order chi connectivity index (χ1) is 13.7. The Morgan fingerprint density at radius 1 is 1.00 bits per heavy atom. The van der Waals surface area contributed by atoms with Gasteiger partial charge in [-0.05, 0) is 58.8 Å². The van der Waals surface area contributed by atoms with Crippen LogP contribution in [0.4, 0.5) is 4.79 Å². The van der Waals surface area contributed by atoms with Gasteiger partial charge in [0.1, 0.15) is 11.6 Å². The number of ether oxygens (including phenoxy) is 1. The van der Waals surface area contributed by atoms with Crippen molar-refractivity contribution in [2.24, 2.45) is 11.8 Å². The molecule has 3 rings (SSSR count). The van der Waals surface area contributed by atoms with Gasteiger partial charge in [-0.2, -0.15) is 0 Å². The fourth-order valence-electron chi connectivity index (χ4n) is 4.73. The summed E-state index contributed by atoms with van der Waals surface area (Å²) < 4.78 is 5.56. The highest BCUT2D eigenvalue weighted by atomic mass is 16.6. The Hall–Kier alpha value is -1.79. The van der Waals surface area contributed by atoms with Crippen LogP contribution in [0.5, 0.6) is 0 Å². The maximum absolute atomic E-state index is 13.0. The highest BCUT2D eigenvalue weighted by Gasteiger charge is 2.43. The molecule has 0 aromatic heterocycles. The second-order valence-corrected chi connectivity index (χ2v) is 9.86. The third-order valence-corrected chi connectivity index (χ3v) is 6.26. The smallest absolute Gasteiger partial charge is 0.410 e. The summed E-state index contributed by atoms with van der Waals surface area (Å²) >= 11 is 0. The van der Waals surface area contributed by atoms with Gasteiger partial charge in [0.05, 0.1) is 0 Å². The molecular weight excluding hydrogens is 370 g/mol. The zero-order chi connectivity index (χ0) is 21.0. The predicted octanol–water partition coefficient (Wildman–Crippen LogP) is 2.93. The van der Waals surface area contributed by atoms with E-state index in [1.54, 1.807) is 4.90 Å². The normalized spacial score (nSPS) is 25.9. The van der Waals surface area contributed by atoms with Crippen LogP contribution >= 0.6 is 0 Å². The summed E-state index contributed by atoms with van der Waals surface area (Å²) in [7, 11) is 0. The summed E-state index contributed by atoms with van der Waals surface area (Å²) in [5.74, 6) is 0.345. The molecule has 0 aromatic carbocycles. The van der Waals surface area contributed by atoms with Gasteiger partial charge in [0, 0.05) is 32.1 Å². The topological polar surface area (TPSA) is 79.0 Å². The second kappa shape index (κ2) is 9.35. The number of hydrogen-bond acceptors (Lipinski definition) is 4. The summed E-state index contributed by atoms with van der Waals surface area (Å²) in [6, 6.07) is -0.487. The van der Waals surface area contributed by atoms with E-state index in [4.69, 9.17) is 4.74 Å². The number of carbonyl (C=O) groups is 3. The van der Waals surface area contributed by atoms with E-state index in [2.05, 4.69) is 5.32 Å². The molecule has 29 heavy (non-hydrogen) atoms. The van der Waals surface area contributed by atoms with Gasteiger partial charge in [-0.25, -0.2) is 4.79 Å². The van der Waals surface area contributed by atoms with E-state index in [-0.39, 0.29) is 23.7 Å². The largest absolute Gasteiger partial charge is 0.444 e. The monoisotopic (exact) mass is 407 g/mol. The van der Waals surface area contributed by atoms with E-state index in [9.17, 15) is 14.4 Å². The highest BCUT2D eigenvalue weighted by molar-refractivity contribution is 5.86. The first-order valence-corrected chi connectivity index (χ1v) is 11.3. The third kappa shape index (κ3) is 5.86. The van der Waals surface area contributed by atoms with Crippen molar-refractivity contribution in [2.45, 2.75) is 83.8 Å². The van der Waals surface area contributed by atoms with Crippen molar-refractivity contribution in [3.8, 4) is 0 Å². The Balaban J connectivity index is 1.61. The van der Waals surface area contributed by atoms with Crippen molar-refractivity contribution < 1.29 is 19.1 Å². The van der Waals surface area contributed by atoms with E-state index in [1.165, 1.54) is 6.42 Å². The van der Waals surface area contributed by atoms with Crippen LogP contribution in [0.25, 0.3) is 0 Å². The van der Waals surface area contributed by atoms with Gasteiger partial charge in [-0.3, -0.25) is 14.5 Å². The molecule has 2 aliphatic heterocycles. The molecule has 2 atom stereocenters. The van der Waals surface area contributed by atoms with Crippen LogP contribution < -0.4 is 5.32 Å². The Labute approximate surface area is 174 Å².